The minimum Gasteiger partial charge on any atom is -0.496 e. The maximum atomic E-state index is 5.44. The summed E-state index contributed by atoms with van der Waals surface area (Å²) in [4.78, 5) is 2.52. The molecule has 16 heavy (non-hydrogen) atoms. The summed E-state index contributed by atoms with van der Waals surface area (Å²) in [6.07, 6.45) is 2.52. The van der Waals surface area contributed by atoms with E-state index in [-0.39, 0.29) is 0 Å². The highest BCUT2D eigenvalue weighted by molar-refractivity contribution is 5.36. The Morgan fingerprint density at radius 3 is 2.56 bits per heavy atom. The molecule has 1 saturated heterocycles. The zero-order chi connectivity index (χ0) is 11.4. The van der Waals surface area contributed by atoms with Crippen LogP contribution in [0.15, 0.2) is 24.3 Å². The van der Waals surface area contributed by atoms with E-state index in [9.17, 15) is 0 Å². The number of para-hydroxylation sites is 1. The van der Waals surface area contributed by atoms with Gasteiger partial charge in [-0.05, 0) is 50.0 Å². The second-order valence-electron chi connectivity index (χ2n) is 4.45. The molecule has 1 heterocycles. The summed E-state index contributed by atoms with van der Waals surface area (Å²) in [5.41, 5.74) is 1.39. The molecule has 0 aliphatic carbocycles. The third kappa shape index (κ3) is 2.38. The van der Waals surface area contributed by atoms with Crippen LogP contribution < -0.4 is 4.74 Å². The molecule has 1 aromatic rings. The van der Waals surface area contributed by atoms with Gasteiger partial charge in [-0.25, -0.2) is 0 Å². The van der Waals surface area contributed by atoms with Gasteiger partial charge in [-0.3, -0.25) is 0 Å². The van der Waals surface area contributed by atoms with Crippen molar-refractivity contribution in [2.24, 2.45) is 0 Å². The zero-order valence-electron chi connectivity index (χ0n) is 10.3. The normalized spacial score (nSPS) is 18.6. The van der Waals surface area contributed by atoms with Crippen LogP contribution in [-0.4, -0.2) is 31.6 Å². The van der Waals surface area contributed by atoms with Crippen molar-refractivity contribution >= 4 is 0 Å². The van der Waals surface area contributed by atoms with E-state index in [0.717, 1.165) is 5.75 Å². The number of hydrogen-bond acceptors (Lipinski definition) is 2. The van der Waals surface area contributed by atoms with Crippen LogP contribution in [0.1, 0.15) is 31.2 Å². The fourth-order valence-corrected chi connectivity index (χ4v) is 2.56. The second-order valence-corrected chi connectivity index (χ2v) is 4.45. The molecular weight excluding hydrogens is 198 g/mol. The predicted molar refractivity (Wildman–Crippen MR) is 67.1 cm³/mol. The lowest BCUT2D eigenvalue weighted by atomic mass is 9.89. The van der Waals surface area contributed by atoms with Gasteiger partial charge in [0.25, 0.3) is 0 Å². The maximum Gasteiger partial charge on any atom is 0.122 e. The molecule has 0 atom stereocenters. The van der Waals surface area contributed by atoms with E-state index in [4.69, 9.17) is 4.74 Å². The lowest BCUT2D eigenvalue weighted by molar-refractivity contribution is 0.220. The molecule has 2 heteroatoms. The van der Waals surface area contributed by atoms with Gasteiger partial charge in [-0.15, -0.1) is 0 Å². The molecule has 0 amide bonds. The first-order chi connectivity index (χ1) is 7.85. The molecule has 0 aromatic heterocycles. The third-order valence-corrected chi connectivity index (χ3v) is 3.61. The highest BCUT2D eigenvalue weighted by Gasteiger charge is 2.21. The summed E-state index contributed by atoms with van der Waals surface area (Å²) in [6, 6.07) is 8.44. The Bertz CT molecular complexity index is 329. The van der Waals surface area contributed by atoms with E-state index in [1.54, 1.807) is 7.11 Å². The van der Waals surface area contributed by atoms with Crippen LogP contribution in [0.25, 0.3) is 0 Å². The van der Waals surface area contributed by atoms with Gasteiger partial charge in [-0.2, -0.15) is 0 Å². The Morgan fingerprint density at radius 2 is 1.94 bits per heavy atom. The van der Waals surface area contributed by atoms with Gasteiger partial charge >= 0.3 is 0 Å². The molecule has 1 aromatic carbocycles. The van der Waals surface area contributed by atoms with Crippen LogP contribution in [-0.2, 0) is 0 Å². The Labute approximate surface area is 98.2 Å². The average molecular weight is 219 g/mol. The largest absolute Gasteiger partial charge is 0.496 e. The first-order valence-electron chi connectivity index (χ1n) is 6.20. The fourth-order valence-electron chi connectivity index (χ4n) is 2.56. The Hall–Kier alpha value is -1.02. The molecule has 0 saturated carbocycles. The van der Waals surface area contributed by atoms with Crippen molar-refractivity contribution in [3.63, 3.8) is 0 Å². The number of piperidine rings is 1. The van der Waals surface area contributed by atoms with E-state index >= 15 is 0 Å². The molecule has 2 rings (SSSR count). The number of methoxy groups -OCH3 is 1. The molecule has 0 unspecified atom stereocenters. The topological polar surface area (TPSA) is 12.5 Å². The Balaban J connectivity index is 2.07. The Kier molecular flexibility index (Phi) is 3.83. The van der Waals surface area contributed by atoms with Crippen molar-refractivity contribution in [3.05, 3.63) is 29.8 Å². The van der Waals surface area contributed by atoms with Crippen LogP contribution in [0.2, 0.25) is 0 Å². The lowest BCUT2D eigenvalue weighted by Gasteiger charge is -2.31. The minimum absolute atomic E-state index is 0.680. The number of hydrogen-bond donors (Lipinski definition) is 0. The van der Waals surface area contributed by atoms with E-state index in [1.165, 1.54) is 38.0 Å². The molecule has 1 aliphatic heterocycles. The molecule has 1 aliphatic rings. The highest BCUT2D eigenvalue weighted by Crippen LogP contribution is 2.33. The van der Waals surface area contributed by atoms with Crippen molar-refractivity contribution in [2.45, 2.75) is 25.7 Å². The van der Waals surface area contributed by atoms with Crippen molar-refractivity contribution in [1.82, 2.24) is 4.90 Å². The number of likely N-dealkylation sites (tertiary alicyclic amines) is 1. The smallest absolute Gasteiger partial charge is 0.122 e. The molecule has 0 N–H and O–H groups in total. The second kappa shape index (κ2) is 5.35. The molecule has 2 nitrogen and oxygen atoms in total. The number of ether oxygens (including phenoxy) is 1. The van der Waals surface area contributed by atoms with Gasteiger partial charge in [0.05, 0.1) is 7.11 Å². The average Bonchev–Trinajstić information content (AvgIpc) is 2.39. The number of nitrogens with zero attached hydrogens (tertiary/aromatic N) is 1. The first-order valence-corrected chi connectivity index (χ1v) is 6.20. The van der Waals surface area contributed by atoms with Crippen molar-refractivity contribution in [3.8, 4) is 5.75 Å². The van der Waals surface area contributed by atoms with E-state index in [1.807, 2.05) is 6.07 Å². The molecule has 0 radical (unpaired) electrons. The van der Waals surface area contributed by atoms with Gasteiger partial charge in [0, 0.05) is 0 Å². The van der Waals surface area contributed by atoms with Gasteiger partial charge in [0.2, 0.25) is 0 Å². The van der Waals surface area contributed by atoms with Gasteiger partial charge in [0.1, 0.15) is 5.75 Å². The molecular formula is C14H21NO. The standard InChI is InChI=1S/C14H21NO/c1-3-15-10-8-12(9-11-15)13-6-4-5-7-14(13)16-2/h4-7,12H,3,8-11H2,1-2H3. The van der Waals surface area contributed by atoms with Gasteiger partial charge < -0.3 is 9.64 Å². The van der Waals surface area contributed by atoms with Crippen LogP contribution in [0.4, 0.5) is 0 Å². The summed E-state index contributed by atoms with van der Waals surface area (Å²) in [5.74, 6) is 1.73. The van der Waals surface area contributed by atoms with Crippen molar-refractivity contribution < 1.29 is 4.74 Å². The monoisotopic (exact) mass is 219 g/mol. The van der Waals surface area contributed by atoms with Crippen LogP contribution in [0.5, 0.6) is 5.75 Å². The quantitative estimate of drug-likeness (QED) is 0.775. The molecule has 1 fully saturated rings. The maximum absolute atomic E-state index is 5.44. The summed E-state index contributed by atoms with van der Waals surface area (Å²) in [6.45, 7) is 5.86. The van der Waals surface area contributed by atoms with Gasteiger partial charge in [0.15, 0.2) is 0 Å². The first kappa shape index (κ1) is 11.5. The van der Waals surface area contributed by atoms with Crippen LogP contribution in [0.3, 0.4) is 0 Å². The molecule has 0 bridgehead atoms. The van der Waals surface area contributed by atoms with E-state index in [2.05, 4.69) is 30.0 Å². The lowest BCUT2D eigenvalue weighted by Crippen LogP contribution is -2.32. The summed E-state index contributed by atoms with van der Waals surface area (Å²) >= 11 is 0. The van der Waals surface area contributed by atoms with E-state index in [0.29, 0.717) is 5.92 Å². The van der Waals surface area contributed by atoms with E-state index < -0.39 is 0 Å². The van der Waals surface area contributed by atoms with Crippen LogP contribution >= 0.6 is 0 Å². The van der Waals surface area contributed by atoms with Crippen molar-refractivity contribution in [2.75, 3.05) is 26.7 Å². The number of rotatable bonds is 3. The summed E-state index contributed by atoms with van der Waals surface area (Å²) in [7, 11) is 1.76. The predicted octanol–water partition coefficient (Wildman–Crippen LogP) is 2.89. The third-order valence-electron chi connectivity index (χ3n) is 3.61. The van der Waals surface area contributed by atoms with Gasteiger partial charge in [-0.1, -0.05) is 25.1 Å². The SMILES string of the molecule is CCN1CCC(c2ccccc2OC)CC1. The summed E-state index contributed by atoms with van der Waals surface area (Å²) in [5, 5.41) is 0. The zero-order valence-corrected chi connectivity index (χ0v) is 10.3. The Morgan fingerprint density at radius 1 is 1.25 bits per heavy atom. The fraction of sp³-hybridized carbons (Fsp3) is 0.571. The molecule has 0 spiro atoms. The highest BCUT2D eigenvalue weighted by atomic mass is 16.5. The number of benzene rings is 1. The minimum atomic E-state index is 0.680. The summed E-state index contributed by atoms with van der Waals surface area (Å²) < 4.78 is 5.44. The van der Waals surface area contributed by atoms with Crippen LogP contribution in [0, 0.1) is 0 Å². The molecule has 88 valence electrons. The van der Waals surface area contributed by atoms with Crippen molar-refractivity contribution in [1.29, 1.82) is 0 Å².